The van der Waals surface area contributed by atoms with Gasteiger partial charge in [-0.1, -0.05) is 77.2 Å². The van der Waals surface area contributed by atoms with E-state index < -0.39 is 0 Å². The van der Waals surface area contributed by atoms with Crippen LogP contribution in [0.25, 0.3) is 44.3 Å². The summed E-state index contributed by atoms with van der Waals surface area (Å²) in [6.07, 6.45) is 3.63. The zero-order valence-corrected chi connectivity index (χ0v) is 20.3. The highest BCUT2D eigenvalue weighted by Crippen LogP contribution is 2.38. The molecular weight excluding hydrogens is 472 g/mol. The maximum atomic E-state index is 13.6. The van der Waals surface area contributed by atoms with Gasteiger partial charge in [0.2, 0.25) is 0 Å². The maximum absolute atomic E-state index is 13.6. The molecule has 0 saturated heterocycles. The highest BCUT2D eigenvalue weighted by atomic mass is 32.1. The van der Waals surface area contributed by atoms with Gasteiger partial charge in [0.1, 0.15) is 0 Å². The van der Waals surface area contributed by atoms with Crippen molar-refractivity contribution < 1.29 is 9.32 Å². The number of amides is 1. The number of pyridine rings is 1. The van der Waals surface area contributed by atoms with Crippen LogP contribution in [0.1, 0.15) is 16.1 Å². The molecule has 176 valence electrons. The van der Waals surface area contributed by atoms with Crippen LogP contribution in [0.5, 0.6) is 0 Å². The third-order valence-electron chi connectivity index (χ3n) is 5.85. The molecule has 1 N–H and O–H groups in total. The summed E-state index contributed by atoms with van der Waals surface area (Å²) >= 11 is 1.38. The number of hydrogen-bond donors (Lipinski definition) is 1. The number of hydrogen-bond acceptors (Lipinski definition) is 7. The molecule has 0 bridgehead atoms. The first-order valence-electron chi connectivity index (χ1n) is 11.3. The molecule has 4 aromatic heterocycles. The van der Waals surface area contributed by atoms with Crippen LogP contribution in [-0.2, 0) is 7.05 Å². The van der Waals surface area contributed by atoms with E-state index in [1.54, 1.807) is 19.2 Å². The normalized spacial score (nSPS) is 11.2. The van der Waals surface area contributed by atoms with Crippen molar-refractivity contribution in [2.75, 3.05) is 5.32 Å². The molecule has 4 heterocycles. The quantitative estimate of drug-likeness (QED) is 0.318. The van der Waals surface area contributed by atoms with E-state index in [4.69, 9.17) is 9.51 Å². The SMILES string of the molecule is Cc1noc2nc(-c3ccccc3)cc(C(=O)Nc3nc(-c4ccccc4)c(-c4nccn4C)s3)c12. The molecule has 0 aliphatic rings. The molecule has 0 fully saturated rings. The minimum absolute atomic E-state index is 0.314. The van der Waals surface area contributed by atoms with Gasteiger partial charge in [-0.2, -0.15) is 0 Å². The number of fused-ring (bicyclic) bond motifs is 1. The number of benzene rings is 2. The molecule has 2 aromatic carbocycles. The van der Waals surface area contributed by atoms with Gasteiger partial charge >= 0.3 is 0 Å². The smallest absolute Gasteiger partial charge is 0.259 e. The van der Waals surface area contributed by atoms with Crippen LogP contribution in [-0.4, -0.2) is 30.6 Å². The molecule has 0 unspecified atom stereocenters. The summed E-state index contributed by atoms with van der Waals surface area (Å²) in [7, 11) is 1.93. The van der Waals surface area contributed by atoms with Crippen LogP contribution in [0.15, 0.2) is 83.6 Å². The molecule has 6 aromatic rings. The second-order valence-electron chi connectivity index (χ2n) is 8.25. The lowest BCUT2D eigenvalue weighted by molar-refractivity contribution is 0.102. The Hall–Kier alpha value is -4.63. The molecule has 8 nitrogen and oxygen atoms in total. The summed E-state index contributed by atoms with van der Waals surface area (Å²) in [5, 5.41) is 8.08. The standard InChI is InChI=1S/C27H20N6O2S/c1-16-21-19(15-20(29-26(21)35-32-16)17-9-5-3-6-10-17)25(34)31-27-30-22(18-11-7-4-8-12-18)23(36-27)24-28-13-14-33(24)2/h3-15H,1-2H3,(H,30,31,34). The molecule has 0 aliphatic carbocycles. The average molecular weight is 493 g/mol. The van der Waals surface area contributed by atoms with Crippen LogP contribution in [0.2, 0.25) is 0 Å². The number of carbonyl (C=O) groups is 1. The lowest BCUT2D eigenvalue weighted by atomic mass is 10.1. The van der Waals surface area contributed by atoms with Crippen LogP contribution in [0, 0.1) is 6.92 Å². The third-order valence-corrected chi connectivity index (χ3v) is 6.82. The van der Waals surface area contributed by atoms with Crippen molar-refractivity contribution in [3.8, 4) is 33.2 Å². The molecule has 0 aliphatic heterocycles. The van der Waals surface area contributed by atoms with Crippen LogP contribution >= 0.6 is 11.3 Å². The number of nitrogens with zero attached hydrogens (tertiary/aromatic N) is 5. The number of thiazole rings is 1. The van der Waals surface area contributed by atoms with Crippen molar-refractivity contribution in [3.05, 3.63) is 90.4 Å². The number of rotatable bonds is 5. The van der Waals surface area contributed by atoms with Crippen LogP contribution < -0.4 is 5.32 Å². The Balaban J connectivity index is 1.43. The summed E-state index contributed by atoms with van der Waals surface area (Å²) in [6, 6.07) is 21.3. The number of imidazole rings is 1. The van der Waals surface area contributed by atoms with Gasteiger partial charge in [-0.15, -0.1) is 0 Å². The first-order chi connectivity index (χ1) is 17.6. The van der Waals surface area contributed by atoms with E-state index >= 15 is 0 Å². The first kappa shape index (κ1) is 21.9. The molecule has 0 spiro atoms. The zero-order chi connectivity index (χ0) is 24.6. The summed E-state index contributed by atoms with van der Waals surface area (Å²) in [5.74, 6) is 0.463. The second-order valence-corrected chi connectivity index (χ2v) is 9.25. The van der Waals surface area contributed by atoms with Crippen molar-refractivity contribution in [1.29, 1.82) is 0 Å². The fraction of sp³-hybridized carbons (Fsp3) is 0.0741. The van der Waals surface area contributed by atoms with Crippen molar-refractivity contribution in [1.82, 2.24) is 24.7 Å². The number of aryl methyl sites for hydroxylation is 2. The van der Waals surface area contributed by atoms with Gasteiger partial charge < -0.3 is 9.09 Å². The van der Waals surface area contributed by atoms with Gasteiger partial charge in [-0.05, 0) is 13.0 Å². The summed E-state index contributed by atoms with van der Waals surface area (Å²) in [6.45, 7) is 1.79. The molecule has 0 radical (unpaired) electrons. The van der Waals surface area contributed by atoms with Crippen molar-refractivity contribution >= 4 is 33.5 Å². The highest BCUT2D eigenvalue weighted by molar-refractivity contribution is 7.19. The third kappa shape index (κ3) is 3.85. The lowest BCUT2D eigenvalue weighted by Gasteiger charge is -2.06. The molecule has 0 saturated carbocycles. The Kier molecular flexibility index (Phi) is 5.38. The monoisotopic (exact) mass is 492 g/mol. The van der Waals surface area contributed by atoms with Gasteiger partial charge in [-0.25, -0.2) is 15.0 Å². The Morgan fingerprint density at radius 1 is 1.00 bits per heavy atom. The fourth-order valence-corrected chi connectivity index (χ4v) is 5.12. The molecule has 9 heteroatoms. The van der Waals surface area contributed by atoms with E-state index in [1.165, 1.54) is 11.3 Å². The van der Waals surface area contributed by atoms with Gasteiger partial charge in [0.05, 0.1) is 32.9 Å². The molecule has 0 atom stereocenters. The fourth-order valence-electron chi connectivity index (χ4n) is 4.10. The topological polar surface area (TPSA) is 98.7 Å². The molecule has 6 rings (SSSR count). The number of anilines is 1. The molecule has 1 amide bonds. The summed E-state index contributed by atoms with van der Waals surface area (Å²) < 4.78 is 7.37. The maximum Gasteiger partial charge on any atom is 0.259 e. The van der Waals surface area contributed by atoms with E-state index in [0.717, 1.165) is 27.5 Å². The number of aromatic nitrogens is 5. The van der Waals surface area contributed by atoms with E-state index in [1.807, 2.05) is 78.5 Å². The highest BCUT2D eigenvalue weighted by Gasteiger charge is 2.23. The summed E-state index contributed by atoms with van der Waals surface area (Å²) in [4.78, 5) is 28.4. The lowest BCUT2D eigenvalue weighted by Crippen LogP contribution is -2.13. The van der Waals surface area contributed by atoms with Gasteiger partial charge in [-0.3, -0.25) is 10.1 Å². The predicted octanol–water partition coefficient (Wildman–Crippen LogP) is 5.97. The van der Waals surface area contributed by atoms with Crippen LogP contribution in [0.4, 0.5) is 5.13 Å². The minimum Gasteiger partial charge on any atom is -0.335 e. The average Bonchev–Trinajstić information content (AvgIpc) is 3.63. The second kappa shape index (κ2) is 8.86. The largest absolute Gasteiger partial charge is 0.335 e. The van der Waals surface area contributed by atoms with Gasteiger partial charge in [0, 0.05) is 30.6 Å². The van der Waals surface area contributed by atoms with E-state index in [2.05, 4.69) is 20.4 Å². The predicted molar refractivity (Wildman–Crippen MR) is 140 cm³/mol. The molecular formula is C27H20N6O2S. The van der Waals surface area contributed by atoms with Crippen LogP contribution in [0.3, 0.4) is 0 Å². The Labute approximate surface area is 210 Å². The van der Waals surface area contributed by atoms with Crippen molar-refractivity contribution in [3.63, 3.8) is 0 Å². The number of carbonyl (C=O) groups excluding carboxylic acids is 1. The first-order valence-corrected chi connectivity index (χ1v) is 12.1. The minimum atomic E-state index is -0.314. The Morgan fingerprint density at radius 3 is 2.42 bits per heavy atom. The van der Waals surface area contributed by atoms with E-state index in [9.17, 15) is 4.79 Å². The van der Waals surface area contributed by atoms with Gasteiger partial charge in [0.25, 0.3) is 11.6 Å². The summed E-state index contributed by atoms with van der Waals surface area (Å²) in [5.41, 5.74) is 4.54. The van der Waals surface area contributed by atoms with E-state index in [-0.39, 0.29) is 5.91 Å². The Bertz CT molecular complexity index is 1700. The van der Waals surface area contributed by atoms with E-state index in [0.29, 0.717) is 33.2 Å². The molecule has 36 heavy (non-hydrogen) atoms. The van der Waals surface area contributed by atoms with Crippen molar-refractivity contribution in [2.45, 2.75) is 6.92 Å². The zero-order valence-electron chi connectivity index (χ0n) is 19.5. The number of nitrogens with one attached hydrogen (secondary N) is 1. The Morgan fingerprint density at radius 2 is 1.72 bits per heavy atom. The van der Waals surface area contributed by atoms with Crippen molar-refractivity contribution in [2.24, 2.45) is 7.05 Å². The van der Waals surface area contributed by atoms with Gasteiger partial charge in [0.15, 0.2) is 11.0 Å².